The molecule has 0 amide bonds. The number of halogens is 4. The molecule has 0 radical (unpaired) electrons. The lowest BCUT2D eigenvalue weighted by Gasteiger charge is -2.06. The van der Waals surface area contributed by atoms with Crippen LogP contribution >= 0.6 is 23.4 Å². The van der Waals surface area contributed by atoms with E-state index in [0.717, 1.165) is 11.8 Å². The molecule has 12 heteroatoms. The van der Waals surface area contributed by atoms with Gasteiger partial charge >= 0.3 is 6.18 Å². The maximum atomic E-state index is 12.6. The molecule has 0 unspecified atom stereocenters. The minimum Gasteiger partial charge on any atom is -0.335 e. The zero-order valence-electron chi connectivity index (χ0n) is 11.7. The number of nitrogen functional groups attached to an aromatic ring is 1. The third-order valence-electron chi connectivity index (χ3n) is 2.94. The molecule has 3 aromatic rings. The van der Waals surface area contributed by atoms with Gasteiger partial charge < -0.3 is 5.84 Å². The van der Waals surface area contributed by atoms with Gasteiger partial charge in [0.1, 0.15) is 5.65 Å². The van der Waals surface area contributed by atoms with Crippen molar-refractivity contribution >= 4 is 29.0 Å². The summed E-state index contributed by atoms with van der Waals surface area (Å²) in [5.41, 5.74) is 0.375. The summed E-state index contributed by atoms with van der Waals surface area (Å²) in [6.45, 7) is 0. The highest BCUT2D eigenvalue weighted by molar-refractivity contribution is 7.98. The van der Waals surface area contributed by atoms with Gasteiger partial charge in [-0.25, -0.2) is 9.66 Å². The SMILES string of the molecule is Nn1c(SCc2cc(=O)n3cc(Cl)ccc3n2)nnc1C(F)(F)F. The van der Waals surface area contributed by atoms with Crippen LogP contribution in [0.25, 0.3) is 5.65 Å². The van der Waals surface area contributed by atoms with E-state index in [9.17, 15) is 18.0 Å². The van der Waals surface area contributed by atoms with Crippen molar-refractivity contribution in [3.63, 3.8) is 0 Å². The number of aromatic nitrogens is 5. The molecule has 0 aliphatic heterocycles. The van der Waals surface area contributed by atoms with Gasteiger partial charge in [-0.2, -0.15) is 13.2 Å². The van der Waals surface area contributed by atoms with E-state index in [4.69, 9.17) is 17.4 Å². The van der Waals surface area contributed by atoms with Crippen molar-refractivity contribution in [1.82, 2.24) is 24.3 Å². The lowest BCUT2D eigenvalue weighted by molar-refractivity contribution is -0.146. The smallest absolute Gasteiger partial charge is 0.335 e. The molecule has 0 aliphatic carbocycles. The molecule has 0 aliphatic rings. The molecule has 0 fully saturated rings. The van der Waals surface area contributed by atoms with Crippen LogP contribution in [0.1, 0.15) is 11.5 Å². The van der Waals surface area contributed by atoms with E-state index < -0.39 is 12.0 Å². The molecule has 2 N–H and O–H groups in total. The fourth-order valence-corrected chi connectivity index (χ4v) is 2.82. The Hall–Kier alpha value is -2.27. The molecule has 0 spiro atoms. The summed E-state index contributed by atoms with van der Waals surface area (Å²) in [6, 6.07) is 4.40. The first-order chi connectivity index (χ1) is 11.3. The van der Waals surface area contributed by atoms with Crippen LogP contribution in [0.4, 0.5) is 13.2 Å². The van der Waals surface area contributed by atoms with Crippen molar-refractivity contribution in [3.05, 3.63) is 51.3 Å². The van der Waals surface area contributed by atoms with Gasteiger partial charge in [0.05, 0.1) is 10.7 Å². The van der Waals surface area contributed by atoms with Crippen LogP contribution in [0.15, 0.2) is 34.3 Å². The Bertz CT molecular complexity index is 970. The molecule has 3 rings (SSSR count). The van der Waals surface area contributed by atoms with E-state index in [2.05, 4.69) is 15.2 Å². The molecule has 7 nitrogen and oxygen atoms in total. The van der Waals surface area contributed by atoms with Gasteiger partial charge in [0, 0.05) is 18.0 Å². The van der Waals surface area contributed by atoms with Crippen LogP contribution in [0, 0.1) is 0 Å². The number of nitrogens with two attached hydrogens (primary N) is 1. The summed E-state index contributed by atoms with van der Waals surface area (Å²) < 4.78 is 39.4. The van der Waals surface area contributed by atoms with E-state index in [-0.39, 0.29) is 16.5 Å². The highest BCUT2D eigenvalue weighted by Crippen LogP contribution is 2.29. The fourth-order valence-electron chi connectivity index (χ4n) is 1.91. The molecule has 3 aromatic heterocycles. The fraction of sp³-hybridized carbons (Fsp3) is 0.167. The quantitative estimate of drug-likeness (QED) is 0.555. The second kappa shape index (κ2) is 5.98. The van der Waals surface area contributed by atoms with Crippen LogP contribution < -0.4 is 11.4 Å². The zero-order chi connectivity index (χ0) is 17.5. The van der Waals surface area contributed by atoms with Crippen LogP contribution in [-0.4, -0.2) is 24.3 Å². The van der Waals surface area contributed by atoms with Gasteiger partial charge in [-0.3, -0.25) is 9.20 Å². The Morgan fingerprint density at radius 1 is 1.29 bits per heavy atom. The molecule has 126 valence electrons. The molecule has 0 saturated heterocycles. The molecular weight excluding hydrogens is 369 g/mol. The van der Waals surface area contributed by atoms with Crippen LogP contribution in [0.3, 0.4) is 0 Å². The van der Waals surface area contributed by atoms with Crippen molar-refractivity contribution in [2.24, 2.45) is 0 Å². The van der Waals surface area contributed by atoms with Crippen molar-refractivity contribution < 1.29 is 13.2 Å². The van der Waals surface area contributed by atoms with E-state index in [1.54, 1.807) is 12.1 Å². The number of fused-ring (bicyclic) bond motifs is 1. The average molecular weight is 377 g/mol. The average Bonchev–Trinajstić information content (AvgIpc) is 2.87. The third-order valence-corrected chi connectivity index (χ3v) is 4.14. The summed E-state index contributed by atoms with van der Waals surface area (Å²) in [5.74, 6) is 4.14. The number of pyridine rings is 1. The van der Waals surface area contributed by atoms with Gasteiger partial charge in [-0.1, -0.05) is 23.4 Å². The van der Waals surface area contributed by atoms with Crippen molar-refractivity contribution in [1.29, 1.82) is 0 Å². The number of hydrogen-bond donors (Lipinski definition) is 1. The maximum absolute atomic E-state index is 12.6. The molecule has 3 heterocycles. The second-order valence-electron chi connectivity index (χ2n) is 4.62. The van der Waals surface area contributed by atoms with Gasteiger partial charge in [0.25, 0.3) is 11.4 Å². The molecular formula is C12H8ClF3N6OS. The third kappa shape index (κ3) is 3.17. The van der Waals surface area contributed by atoms with Crippen molar-refractivity contribution in [2.45, 2.75) is 17.1 Å². The minimum atomic E-state index is -4.69. The summed E-state index contributed by atoms with van der Waals surface area (Å²) in [6.07, 6.45) is -3.27. The standard InChI is InChI=1S/C12H8ClF3N6OS/c13-6-1-2-8-18-7(3-9(23)21(8)4-6)5-24-11-20-19-10(22(11)17)12(14,15)16/h1-4H,5,17H2. The highest BCUT2D eigenvalue weighted by atomic mass is 35.5. The Balaban J connectivity index is 1.85. The van der Waals surface area contributed by atoms with Crippen molar-refractivity contribution in [3.8, 4) is 0 Å². The largest absolute Gasteiger partial charge is 0.453 e. The summed E-state index contributed by atoms with van der Waals surface area (Å²) >= 11 is 6.70. The molecule has 0 saturated carbocycles. The Labute approximate surface area is 141 Å². The Kier molecular flexibility index (Phi) is 4.13. The summed E-state index contributed by atoms with van der Waals surface area (Å²) in [4.78, 5) is 16.3. The normalized spacial score (nSPS) is 12.0. The first-order valence-electron chi connectivity index (χ1n) is 6.34. The zero-order valence-corrected chi connectivity index (χ0v) is 13.2. The van der Waals surface area contributed by atoms with E-state index in [1.807, 2.05) is 0 Å². The van der Waals surface area contributed by atoms with Crippen LogP contribution in [0.2, 0.25) is 5.02 Å². The number of nitrogens with zero attached hydrogens (tertiary/aromatic N) is 5. The van der Waals surface area contributed by atoms with Crippen molar-refractivity contribution in [2.75, 3.05) is 5.84 Å². The highest BCUT2D eigenvalue weighted by Gasteiger charge is 2.38. The van der Waals surface area contributed by atoms with Crippen LogP contribution in [-0.2, 0) is 11.9 Å². The van der Waals surface area contributed by atoms with Gasteiger partial charge in [0.2, 0.25) is 5.16 Å². The monoisotopic (exact) mass is 376 g/mol. The number of thioether (sulfide) groups is 1. The first kappa shape index (κ1) is 16.6. The number of hydrogen-bond acceptors (Lipinski definition) is 6. The van der Waals surface area contributed by atoms with Crippen LogP contribution in [0.5, 0.6) is 0 Å². The number of alkyl halides is 3. The number of rotatable bonds is 3. The minimum absolute atomic E-state index is 0.0988. The second-order valence-corrected chi connectivity index (χ2v) is 6.00. The van der Waals surface area contributed by atoms with Gasteiger partial charge in [-0.05, 0) is 12.1 Å². The lowest BCUT2D eigenvalue weighted by Crippen LogP contribution is -2.21. The Morgan fingerprint density at radius 3 is 2.71 bits per heavy atom. The molecule has 0 bridgehead atoms. The predicted molar refractivity (Wildman–Crippen MR) is 81.2 cm³/mol. The molecule has 0 atom stereocenters. The summed E-state index contributed by atoms with van der Waals surface area (Å²) in [7, 11) is 0. The summed E-state index contributed by atoms with van der Waals surface area (Å²) in [5, 5.41) is 6.65. The lowest BCUT2D eigenvalue weighted by atomic mass is 10.4. The van der Waals surface area contributed by atoms with E-state index >= 15 is 0 Å². The Morgan fingerprint density at radius 2 is 2.04 bits per heavy atom. The molecule has 0 aromatic carbocycles. The van der Waals surface area contributed by atoms with E-state index in [1.165, 1.54) is 16.7 Å². The maximum Gasteiger partial charge on any atom is 0.453 e. The predicted octanol–water partition coefficient (Wildman–Crippen LogP) is 1.96. The molecule has 24 heavy (non-hydrogen) atoms. The van der Waals surface area contributed by atoms with Gasteiger partial charge in [0.15, 0.2) is 0 Å². The first-order valence-corrected chi connectivity index (χ1v) is 7.70. The van der Waals surface area contributed by atoms with Gasteiger partial charge in [-0.15, -0.1) is 10.2 Å². The van der Waals surface area contributed by atoms with E-state index in [0.29, 0.717) is 21.0 Å². The topological polar surface area (TPSA) is 91.1 Å².